The number of anilines is 2. The third-order valence-corrected chi connectivity index (χ3v) is 7.27. The van der Waals surface area contributed by atoms with Crippen LogP contribution >= 0.6 is 0 Å². The summed E-state index contributed by atoms with van der Waals surface area (Å²) in [7, 11) is 1.51. The van der Waals surface area contributed by atoms with E-state index in [-0.39, 0.29) is 17.8 Å². The highest BCUT2D eigenvalue weighted by Crippen LogP contribution is 2.56. The van der Waals surface area contributed by atoms with Crippen molar-refractivity contribution in [1.82, 2.24) is 5.32 Å². The number of hydrogen-bond acceptors (Lipinski definition) is 7. The van der Waals surface area contributed by atoms with Gasteiger partial charge in [-0.3, -0.25) is 25.0 Å². The summed E-state index contributed by atoms with van der Waals surface area (Å²) in [6, 6.07) is 16.9. The number of imide groups is 2. The van der Waals surface area contributed by atoms with Gasteiger partial charge in [-0.25, -0.2) is 9.69 Å². The normalized spacial score (nSPS) is 22.1. The molecule has 10 nitrogen and oxygen atoms in total. The highest BCUT2D eigenvalue weighted by atomic mass is 16.6. The van der Waals surface area contributed by atoms with Crippen LogP contribution in [0.15, 0.2) is 66.7 Å². The van der Waals surface area contributed by atoms with Gasteiger partial charge in [-0.15, -0.1) is 0 Å². The molecule has 6 rings (SSSR count). The van der Waals surface area contributed by atoms with Gasteiger partial charge in [0.25, 0.3) is 11.6 Å². The van der Waals surface area contributed by atoms with Gasteiger partial charge in [0.15, 0.2) is 5.41 Å². The monoisotopic (exact) mass is 484 g/mol. The van der Waals surface area contributed by atoms with Crippen LogP contribution in [-0.4, -0.2) is 29.9 Å². The van der Waals surface area contributed by atoms with Gasteiger partial charge in [-0.2, -0.15) is 0 Å². The van der Waals surface area contributed by atoms with Gasteiger partial charge in [0.05, 0.1) is 23.8 Å². The predicted molar refractivity (Wildman–Crippen MR) is 129 cm³/mol. The molecule has 1 N–H and O–H groups in total. The highest BCUT2D eigenvalue weighted by Gasteiger charge is 2.64. The van der Waals surface area contributed by atoms with Crippen molar-refractivity contribution >= 4 is 34.9 Å². The number of amides is 4. The Morgan fingerprint density at radius 2 is 1.78 bits per heavy atom. The van der Waals surface area contributed by atoms with E-state index >= 15 is 0 Å². The summed E-state index contributed by atoms with van der Waals surface area (Å²) >= 11 is 0. The zero-order valence-electron chi connectivity index (χ0n) is 19.1. The number of benzene rings is 3. The third kappa shape index (κ3) is 2.87. The van der Waals surface area contributed by atoms with Gasteiger partial charge >= 0.3 is 6.03 Å². The largest absolute Gasteiger partial charge is 0.497 e. The molecule has 3 aliphatic heterocycles. The van der Waals surface area contributed by atoms with Gasteiger partial charge in [0.2, 0.25) is 5.91 Å². The van der Waals surface area contributed by atoms with Gasteiger partial charge in [-0.05, 0) is 47.0 Å². The van der Waals surface area contributed by atoms with Crippen LogP contribution in [0.5, 0.6) is 5.75 Å². The van der Waals surface area contributed by atoms with Crippen molar-refractivity contribution in [2.75, 3.05) is 16.9 Å². The SMILES string of the molecule is COc1ccc(N2C(=O)NC(=O)[C@@]3(Cc4cc([N+](=O)[O-])ccc4N4Cc5ccccc5[C@H]43)C2=O)cc1. The molecule has 0 bridgehead atoms. The Kier molecular flexibility index (Phi) is 4.62. The zero-order valence-corrected chi connectivity index (χ0v) is 19.1. The molecule has 2 atom stereocenters. The fraction of sp³-hybridized carbons (Fsp3) is 0.192. The Bertz CT molecular complexity index is 1470. The minimum Gasteiger partial charge on any atom is -0.497 e. The molecule has 3 aromatic rings. The maximum absolute atomic E-state index is 14.3. The van der Waals surface area contributed by atoms with Crippen LogP contribution in [0.2, 0.25) is 0 Å². The first kappa shape index (κ1) is 21.8. The van der Waals surface area contributed by atoms with E-state index in [9.17, 15) is 24.5 Å². The van der Waals surface area contributed by atoms with E-state index < -0.39 is 34.2 Å². The topological polar surface area (TPSA) is 122 Å². The van der Waals surface area contributed by atoms with Gasteiger partial charge < -0.3 is 9.64 Å². The number of ether oxygens (including phenoxy) is 1. The standard InChI is InChI=1S/C26H20N4O6/c1-36-19-9-6-17(7-10-19)29-24(32)26(23(31)27-25(29)33)13-16-12-18(30(34)35)8-11-21(16)28-14-15-4-2-3-5-20(15)22(26)28/h2-12,22H,13-14H2,1H3,(H,27,31,33)/t22-,26-/m0/s1. The highest BCUT2D eigenvalue weighted by molar-refractivity contribution is 6.30. The molecule has 1 spiro atoms. The fourth-order valence-electron chi connectivity index (χ4n) is 5.66. The summed E-state index contributed by atoms with van der Waals surface area (Å²) in [4.78, 5) is 54.9. The third-order valence-electron chi connectivity index (χ3n) is 7.27. The Labute approximate surface area is 205 Å². The number of urea groups is 1. The molecular weight excluding hydrogens is 464 g/mol. The second-order valence-electron chi connectivity index (χ2n) is 9.05. The summed E-state index contributed by atoms with van der Waals surface area (Å²) in [6.45, 7) is 0.421. The summed E-state index contributed by atoms with van der Waals surface area (Å²) < 4.78 is 5.18. The quantitative estimate of drug-likeness (QED) is 0.343. The molecule has 3 aliphatic rings. The number of nitro groups is 1. The number of carbonyl (C=O) groups excluding carboxylic acids is 3. The lowest BCUT2D eigenvalue weighted by Gasteiger charge is -2.49. The maximum Gasteiger partial charge on any atom is 0.335 e. The number of barbiturate groups is 1. The van der Waals surface area contributed by atoms with Crippen LogP contribution in [0.3, 0.4) is 0 Å². The van der Waals surface area contributed by atoms with Crippen molar-refractivity contribution in [1.29, 1.82) is 0 Å². The van der Waals surface area contributed by atoms with E-state index in [1.54, 1.807) is 30.3 Å². The van der Waals surface area contributed by atoms with Crippen molar-refractivity contribution in [3.8, 4) is 5.75 Å². The Balaban J connectivity index is 1.56. The minimum absolute atomic E-state index is 0.0931. The summed E-state index contributed by atoms with van der Waals surface area (Å²) in [6.07, 6.45) is -0.0931. The molecule has 10 heteroatoms. The molecule has 36 heavy (non-hydrogen) atoms. The molecule has 1 saturated heterocycles. The maximum atomic E-state index is 14.3. The average Bonchev–Trinajstić information content (AvgIpc) is 3.28. The van der Waals surface area contributed by atoms with Gasteiger partial charge in [0.1, 0.15) is 5.75 Å². The number of nitro benzene ring substituents is 1. The van der Waals surface area contributed by atoms with Crippen molar-refractivity contribution in [2.45, 2.75) is 19.0 Å². The molecule has 0 aromatic heterocycles. The summed E-state index contributed by atoms with van der Waals surface area (Å²) in [5.74, 6) is -0.847. The lowest BCUT2D eigenvalue weighted by Crippen LogP contribution is -2.69. The van der Waals surface area contributed by atoms with Crippen molar-refractivity contribution in [3.05, 3.63) is 93.5 Å². The zero-order chi connectivity index (χ0) is 25.2. The molecule has 1 fully saturated rings. The predicted octanol–water partition coefficient (Wildman–Crippen LogP) is 3.49. The molecule has 4 amide bonds. The van der Waals surface area contributed by atoms with E-state index in [0.29, 0.717) is 17.9 Å². The van der Waals surface area contributed by atoms with Crippen LogP contribution in [0.1, 0.15) is 22.7 Å². The number of carbonyl (C=O) groups is 3. The van der Waals surface area contributed by atoms with Crippen LogP contribution in [0.25, 0.3) is 0 Å². The Morgan fingerprint density at radius 1 is 1.03 bits per heavy atom. The molecule has 3 heterocycles. The molecule has 0 aliphatic carbocycles. The molecule has 0 saturated carbocycles. The fourth-order valence-corrected chi connectivity index (χ4v) is 5.66. The van der Waals surface area contributed by atoms with Crippen LogP contribution < -0.4 is 19.9 Å². The van der Waals surface area contributed by atoms with Gasteiger partial charge in [-0.1, -0.05) is 24.3 Å². The molecular formula is C26H20N4O6. The van der Waals surface area contributed by atoms with E-state index in [1.165, 1.54) is 19.2 Å². The smallest absolute Gasteiger partial charge is 0.335 e. The van der Waals surface area contributed by atoms with Crippen LogP contribution in [0.4, 0.5) is 21.9 Å². The van der Waals surface area contributed by atoms with Crippen LogP contribution in [-0.2, 0) is 22.6 Å². The molecule has 0 unspecified atom stereocenters. The first-order valence-corrected chi connectivity index (χ1v) is 11.3. The van der Waals surface area contributed by atoms with E-state index in [1.807, 2.05) is 29.2 Å². The number of nitrogens with zero attached hydrogens (tertiary/aromatic N) is 3. The number of non-ortho nitro benzene ring substituents is 1. The minimum atomic E-state index is -1.72. The lowest BCUT2D eigenvalue weighted by molar-refractivity contribution is -0.384. The number of hydrogen-bond donors (Lipinski definition) is 1. The van der Waals surface area contributed by atoms with Gasteiger partial charge in [0, 0.05) is 30.8 Å². The second kappa shape index (κ2) is 7.64. The van der Waals surface area contributed by atoms with Crippen molar-refractivity contribution in [2.24, 2.45) is 5.41 Å². The molecule has 180 valence electrons. The number of rotatable bonds is 3. The summed E-state index contributed by atoms with van der Waals surface area (Å²) in [5, 5.41) is 13.9. The Morgan fingerprint density at radius 3 is 2.50 bits per heavy atom. The average molecular weight is 484 g/mol. The second-order valence-corrected chi connectivity index (χ2v) is 9.05. The van der Waals surface area contributed by atoms with E-state index in [2.05, 4.69) is 5.32 Å². The van der Waals surface area contributed by atoms with Crippen molar-refractivity contribution in [3.63, 3.8) is 0 Å². The summed E-state index contributed by atoms with van der Waals surface area (Å²) in [5.41, 5.74) is 1.42. The Hall–Kier alpha value is -4.73. The number of fused-ring (bicyclic) bond motifs is 6. The molecule has 0 radical (unpaired) electrons. The van der Waals surface area contributed by atoms with E-state index in [0.717, 1.165) is 21.7 Å². The first-order valence-electron chi connectivity index (χ1n) is 11.3. The number of methoxy groups -OCH3 is 1. The lowest BCUT2D eigenvalue weighted by atomic mass is 9.67. The van der Waals surface area contributed by atoms with Crippen LogP contribution in [0, 0.1) is 15.5 Å². The van der Waals surface area contributed by atoms with E-state index in [4.69, 9.17) is 4.74 Å². The number of nitrogens with one attached hydrogen (secondary N) is 1. The van der Waals surface area contributed by atoms with Crippen molar-refractivity contribution < 1.29 is 24.0 Å². The first-order chi connectivity index (χ1) is 17.3. The molecule has 3 aromatic carbocycles.